The van der Waals surface area contributed by atoms with E-state index in [2.05, 4.69) is 57.6 Å². The highest BCUT2D eigenvalue weighted by Gasteiger charge is 2.38. The molecule has 4 heteroatoms. The van der Waals surface area contributed by atoms with E-state index in [1.165, 1.54) is 44.1 Å². The molecule has 0 aromatic heterocycles. The van der Waals surface area contributed by atoms with Crippen LogP contribution in [0.2, 0.25) is 5.02 Å². The van der Waals surface area contributed by atoms with Crippen molar-refractivity contribution in [3.8, 4) is 0 Å². The van der Waals surface area contributed by atoms with Crippen molar-refractivity contribution in [2.45, 2.75) is 50.6 Å². The van der Waals surface area contributed by atoms with E-state index in [1.54, 1.807) is 0 Å². The summed E-state index contributed by atoms with van der Waals surface area (Å²) in [6.45, 7) is 6.70. The third-order valence-corrected chi connectivity index (χ3v) is 7.14. The maximum absolute atomic E-state index is 6.42. The Kier molecular flexibility index (Phi) is 7.12. The number of anilines is 1. The first-order valence-corrected chi connectivity index (χ1v) is 11.6. The van der Waals surface area contributed by atoms with Crippen molar-refractivity contribution in [2.75, 3.05) is 38.0 Å². The van der Waals surface area contributed by atoms with Crippen LogP contribution in [0.3, 0.4) is 0 Å². The molecule has 1 saturated carbocycles. The molecule has 0 unspecified atom stereocenters. The molecule has 29 heavy (non-hydrogen) atoms. The molecule has 0 amide bonds. The first-order valence-electron chi connectivity index (χ1n) is 11.2. The zero-order valence-corrected chi connectivity index (χ0v) is 18.2. The van der Waals surface area contributed by atoms with Crippen molar-refractivity contribution in [1.29, 1.82) is 0 Å². The molecular formula is C25H34ClN3. The van der Waals surface area contributed by atoms with E-state index < -0.39 is 0 Å². The third-order valence-electron chi connectivity index (χ3n) is 6.81. The summed E-state index contributed by atoms with van der Waals surface area (Å²) in [5.74, 6) is 0. The second kappa shape index (κ2) is 9.97. The van der Waals surface area contributed by atoms with Crippen LogP contribution >= 0.6 is 11.6 Å². The highest BCUT2D eigenvalue weighted by Crippen LogP contribution is 2.34. The summed E-state index contributed by atoms with van der Waals surface area (Å²) in [6.07, 6.45) is 8.03. The molecule has 1 N–H and O–H groups in total. The van der Waals surface area contributed by atoms with Crippen LogP contribution in [0.5, 0.6) is 0 Å². The van der Waals surface area contributed by atoms with Gasteiger partial charge in [-0.2, -0.15) is 0 Å². The average Bonchev–Trinajstić information content (AvgIpc) is 3.01. The quantitative estimate of drug-likeness (QED) is 0.618. The molecule has 1 heterocycles. The highest BCUT2D eigenvalue weighted by atomic mass is 35.5. The van der Waals surface area contributed by atoms with Crippen molar-refractivity contribution < 1.29 is 0 Å². The van der Waals surface area contributed by atoms with Crippen LogP contribution in [-0.2, 0) is 6.54 Å². The second-order valence-corrected chi connectivity index (χ2v) is 9.13. The van der Waals surface area contributed by atoms with Crippen molar-refractivity contribution in [2.24, 2.45) is 0 Å². The topological polar surface area (TPSA) is 18.5 Å². The van der Waals surface area contributed by atoms with Crippen LogP contribution in [0.15, 0.2) is 54.6 Å². The second-order valence-electron chi connectivity index (χ2n) is 8.72. The largest absolute Gasteiger partial charge is 0.382 e. The molecule has 1 aliphatic carbocycles. The van der Waals surface area contributed by atoms with Crippen molar-refractivity contribution in [1.82, 2.24) is 9.80 Å². The molecule has 2 aromatic rings. The highest BCUT2D eigenvalue weighted by molar-refractivity contribution is 6.33. The van der Waals surface area contributed by atoms with Gasteiger partial charge >= 0.3 is 0 Å². The van der Waals surface area contributed by atoms with E-state index in [-0.39, 0.29) is 5.54 Å². The number of para-hydroxylation sites is 1. The van der Waals surface area contributed by atoms with Crippen LogP contribution < -0.4 is 5.32 Å². The number of hydrogen-bond acceptors (Lipinski definition) is 3. The molecule has 0 spiro atoms. The van der Waals surface area contributed by atoms with Gasteiger partial charge in [0.05, 0.1) is 10.7 Å². The first-order chi connectivity index (χ1) is 14.3. The van der Waals surface area contributed by atoms with E-state index in [4.69, 9.17) is 11.6 Å². The van der Waals surface area contributed by atoms with Gasteiger partial charge in [0.1, 0.15) is 0 Å². The van der Waals surface area contributed by atoms with Gasteiger partial charge in [-0.25, -0.2) is 0 Å². The van der Waals surface area contributed by atoms with E-state index in [0.29, 0.717) is 0 Å². The fourth-order valence-corrected chi connectivity index (χ4v) is 5.28. The predicted molar refractivity (Wildman–Crippen MR) is 124 cm³/mol. The third kappa shape index (κ3) is 5.33. The van der Waals surface area contributed by atoms with E-state index >= 15 is 0 Å². The monoisotopic (exact) mass is 411 g/mol. The van der Waals surface area contributed by atoms with E-state index in [0.717, 1.165) is 50.0 Å². The summed E-state index contributed by atoms with van der Waals surface area (Å²) in [7, 11) is 0. The number of hydrogen-bond donors (Lipinski definition) is 1. The van der Waals surface area contributed by atoms with Crippen LogP contribution in [0.25, 0.3) is 0 Å². The van der Waals surface area contributed by atoms with Gasteiger partial charge in [0.2, 0.25) is 0 Å². The van der Waals surface area contributed by atoms with Gasteiger partial charge in [-0.05, 0) is 30.5 Å². The molecular weight excluding hydrogens is 378 g/mol. The summed E-state index contributed by atoms with van der Waals surface area (Å²) >= 11 is 6.42. The Balaban J connectivity index is 1.41. The van der Waals surface area contributed by atoms with Crippen LogP contribution in [-0.4, -0.2) is 48.1 Å². The summed E-state index contributed by atoms with van der Waals surface area (Å²) in [5.41, 5.74) is 2.75. The smallest absolute Gasteiger partial charge is 0.0637 e. The molecule has 0 bridgehead atoms. The van der Waals surface area contributed by atoms with Crippen LogP contribution in [0.1, 0.15) is 44.1 Å². The standard InChI is InChI=1S/C25H34ClN3/c26-23-12-6-7-13-24(23)27-21-25(14-8-1-2-9-15-25)29-18-16-28(17-19-29)20-22-10-4-3-5-11-22/h3-7,10-13,27H,1-2,8-9,14-21H2. The van der Waals surface area contributed by atoms with Crippen LogP contribution in [0, 0.1) is 0 Å². The van der Waals surface area contributed by atoms with Gasteiger partial charge in [-0.3, -0.25) is 9.80 Å². The average molecular weight is 412 g/mol. The molecule has 2 fully saturated rings. The summed E-state index contributed by atoms with van der Waals surface area (Å²) < 4.78 is 0. The van der Waals surface area contributed by atoms with Gasteiger partial charge in [0.25, 0.3) is 0 Å². The minimum Gasteiger partial charge on any atom is -0.382 e. The number of piperazine rings is 1. The normalized spacial score (nSPS) is 20.9. The van der Waals surface area contributed by atoms with Crippen molar-refractivity contribution in [3.05, 3.63) is 65.2 Å². The zero-order valence-electron chi connectivity index (χ0n) is 17.5. The number of halogens is 1. The lowest BCUT2D eigenvalue weighted by Crippen LogP contribution is -2.59. The lowest BCUT2D eigenvalue weighted by atomic mass is 9.87. The first kappa shape index (κ1) is 20.7. The van der Waals surface area contributed by atoms with Crippen molar-refractivity contribution in [3.63, 3.8) is 0 Å². The Morgan fingerprint density at radius 3 is 2.14 bits per heavy atom. The Hall–Kier alpha value is -1.55. The molecule has 2 aromatic carbocycles. The number of nitrogens with one attached hydrogen (secondary N) is 1. The summed E-state index contributed by atoms with van der Waals surface area (Å²) in [4.78, 5) is 5.40. The zero-order chi connectivity index (χ0) is 19.9. The predicted octanol–water partition coefficient (Wildman–Crippen LogP) is 5.66. The lowest BCUT2D eigenvalue weighted by Gasteiger charge is -2.48. The Morgan fingerprint density at radius 1 is 0.793 bits per heavy atom. The van der Waals surface area contributed by atoms with Gasteiger partial charge in [0, 0.05) is 44.8 Å². The lowest BCUT2D eigenvalue weighted by molar-refractivity contribution is 0.0264. The molecule has 1 aliphatic heterocycles. The fraction of sp³-hybridized carbons (Fsp3) is 0.520. The molecule has 156 valence electrons. The molecule has 0 radical (unpaired) electrons. The molecule has 0 atom stereocenters. The fourth-order valence-electron chi connectivity index (χ4n) is 5.08. The van der Waals surface area contributed by atoms with Gasteiger partial charge < -0.3 is 5.32 Å². The summed E-state index contributed by atoms with van der Waals surface area (Å²) in [6, 6.07) is 19.0. The van der Waals surface area contributed by atoms with Gasteiger partial charge in [-0.15, -0.1) is 0 Å². The van der Waals surface area contributed by atoms with E-state index in [1.807, 2.05) is 12.1 Å². The SMILES string of the molecule is Clc1ccccc1NCC1(N2CCN(Cc3ccccc3)CC2)CCCCCC1. The van der Waals surface area contributed by atoms with Crippen LogP contribution in [0.4, 0.5) is 5.69 Å². The number of benzene rings is 2. The minimum atomic E-state index is 0.258. The van der Waals surface area contributed by atoms with E-state index in [9.17, 15) is 0 Å². The maximum Gasteiger partial charge on any atom is 0.0637 e. The minimum absolute atomic E-state index is 0.258. The number of rotatable bonds is 6. The number of nitrogens with zero attached hydrogens (tertiary/aromatic N) is 2. The Labute approximate surface area is 181 Å². The van der Waals surface area contributed by atoms with Gasteiger partial charge in [0.15, 0.2) is 0 Å². The Bertz CT molecular complexity index is 748. The molecule has 4 rings (SSSR count). The summed E-state index contributed by atoms with van der Waals surface area (Å²) in [5, 5.41) is 4.54. The van der Waals surface area contributed by atoms with Crippen molar-refractivity contribution >= 4 is 17.3 Å². The maximum atomic E-state index is 6.42. The molecule has 3 nitrogen and oxygen atoms in total. The molecule has 2 aliphatic rings. The molecule has 1 saturated heterocycles. The Morgan fingerprint density at radius 2 is 1.45 bits per heavy atom. The van der Waals surface area contributed by atoms with Gasteiger partial charge in [-0.1, -0.05) is 79.7 Å².